The summed E-state index contributed by atoms with van der Waals surface area (Å²) in [5.41, 5.74) is 2.12. The monoisotopic (exact) mass is 464 g/mol. The van der Waals surface area contributed by atoms with Gasteiger partial charge < -0.3 is 13.9 Å². The van der Waals surface area contributed by atoms with Gasteiger partial charge in [-0.25, -0.2) is 13.4 Å². The number of sulfonamides is 1. The third-order valence-electron chi connectivity index (χ3n) is 5.21. The zero-order valence-corrected chi connectivity index (χ0v) is 19.4. The van der Waals surface area contributed by atoms with Crippen molar-refractivity contribution in [3.8, 4) is 23.0 Å². The zero-order valence-electron chi connectivity index (χ0n) is 18.6. The topological polar surface area (TPSA) is 81.9 Å². The van der Waals surface area contributed by atoms with E-state index >= 15 is 0 Å². The maximum absolute atomic E-state index is 12.9. The second kappa shape index (κ2) is 9.38. The molecule has 1 aromatic heterocycles. The molecule has 8 heteroatoms. The minimum absolute atomic E-state index is 0.182. The van der Waals surface area contributed by atoms with Crippen LogP contribution in [0.25, 0.3) is 11.5 Å². The first-order chi connectivity index (χ1) is 15.9. The zero-order chi connectivity index (χ0) is 23.4. The lowest BCUT2D eigenvalue weighted by molar-refractivity contribution is 0.299. The Hall–Kier alpha value is -3.78. The van der Waals surface area contributed by atoms with Crippen molar-refractivity contribution in [1.29, 1.82) is 0 Å². The Morgan fingerprint density at radius 3 is 2.18 bits per heavy atom. The van der Waals surface area contributed by atoms with Crippen molar-refractivity contribution >= 4 is 15.7 Å². The van der Waals surface area contributed by atoms with Crippen LogP contribution in [0.1, 0.15) is 11.5 Å². The minimum atomic E-state index is -3.70. The van der Waals surface area contributed by atoms with E-state index in [0.717, 1.165) is 5.56 Å². The summed E-state index contributed by atoms with van der Waals surface area (Å²) in [5.74, 6) is 2.43. The van der Waals surface area contributed by atoms with E-state index in [9.17, 15) is 8.42 Å². The Labute approximate surface area is 193 Å². The average Bonchev–Trinajstić information content (AvgIpc) is 3.23. The fourth-order valence-corrected chi connectivity index (χ4v) is 4.41. The predicted molar refractivity (Wildman–Crippen MR) is 126 cm³/mol. The van der Waals surface area contributed by atoms with E-state index < -0.39 is 10.0 Å². The summed E-state index contributed by atoms with van der Waals surface area (Å²) in [4.78, 5) is 4.71. The maximum Gasteiger partial charge on any atom is 0.264 e. The lowest BCUT2D eigenvalue weighted by Gasteiger charge is -2.20. The number of methoxy groups -OCH3 is 1. The first-order valence-electron chi connectivity index (χ1n) is 10.3. The number of anilines is 1. The van der Waals surface area contributed by atoms with Gasteiger partial charge in [0, 0.05) is 12.6 Å². The van der Waals surface area contributed by atoms with Gasteiger partial charge in [-0.2, -0.15) is 0 Å². The van der Waals surface area contributed by atoms with Gasteiger partial charge in [-0.1, -0.05) is 18.2 Å². The SMILES string of the molecule is COc1ccc(S(=O)(=O)N(C)c2ccc(OCc3nc(-c4ccccc4)oc3C)cc2)cc1. The molecule has 7 nitrogen and oxygen atoms in total. The van der Waals surface area contributed by atoms with E-state index in [2.05, 4.69) is 4.98 Å². The van der Waals surface area contributed by atoms with E-state index in [1.165, 1.54) is 30.6 Å². The van der Waals surface area contributed by atoms with Gasteiger partial charge in [-0.3, -0.25) is 4.31 Å². The molecule has 0 aliphatic carbocycles. The second-order valence-corrected chi connectivity index (χ2v) is 9.29. The number of aryl methyl sites for hydroxylation is 1. The van der Waals surface area contributed by atoms with Crippen molar-refractivity contribution in [3.05, 3.63) is 90.3 Å². The molecule has 0 fully saturated rings. The molecular weight excluding hydrogens is 440 g/mol. The molecule has 4 aromatic rings. The largest absolute Gasteiger partial charge is 0.497 e. The van der Waals surface area contributed by atoms with E-state index in [1.807, 2.05) is 37.3 Å². The van der Waals surface area contributed by atoms with Gasteiger partial charge >= 0.3 is 0 Å². The number of oxazole rings is 1. The van der Waals surface area contributed by atoms with Crippen molar-refractivity contribution in [2.75, 3.05) is 18.5 Å². The van der Waals surface area contributed by atoms with Gasteiger partial charge in [0.15, 0.2) is 0 Å². The molecule has 0 bridgehead atoms. The third kappa shape index (κ3) is 4.85. The number of hydrogen-bond donors (Lipinski definition) is 0. The van der Waals surface area contributed by atoms with Crippen LogP contribution in [0.5, 0.6) is 11.5 Å². The number of nitrogens with zero attached hydrogens (tertiary/aromatic N) is 2. The molecule has 0 aliphatic heterocycles. The lowest BCUT2D eigenvalue weighted by atomic mass is 10.2. The molecule has 0 saturated carbocycles. The number of aromatic nitrogens is 1. The third-order valence-corrected chi connectivity index (χ3v) is 7.01. The normalized spacial score (nSPS) is 11.2. The van der Waals surface area contributed by atoms with Crippen LogP contribution < -0.4 is 13.8 Å². The van der Waals surface area contributed by atoms with Crippen molar-refractivity contribution in [2.45, 2.75) is 18.4 Å². The van der Waals surface area contributed by atoms with Gasteiger partial charge in [0.05, 0.1) is 17.7 Å². The van der Waals surface area contributed by atoms with E-state index in [1.54, 1.807) is 36.4 Å². The molecule has 0 N–H and O–H groups in total. The highest BCUT2D eigenvalue weighted by atomic mass is 32.2. The van der Waals surface area contributed by atoms with Gasteiger partial charge in [-0.05, 0) is 67.6 Å². The molecule has 0 radical (unpaired) electrons. The summed E-state index contributed by atoms with van der Waals surface area (Å²) in [6.07, 6.45) is 0. The van der Waals surface area contributed by atoms with Crippen LogP contribution in [0.15, 0.2) is 88.2 Å². The molecule has 0 unspecified atom stereocenters. The summed E-state index contributed by atoms with van der Waals surface area (Å²) < 4.78 is 43.8. The van der Waals surface area contributed by atoms with Crippen LogP contribution in [0, 0.1) is 6.92 Å². The Morgan fingerprint density at radius 1 is 0.909 bits per heavy atom. The molecule has 170 valence electrons. The molecule has 4 rings (SSSR count). The van der Waals surface area contributed by atoms with Crippen molar-refractivity contribution in [1.82, 2.24) is 4.98 Å². The molecular formula is C25H24N2O5S. The molecule has 33 heavy (non-hydrogen) atoms. The van der Waals surface area contributed by atoms with Crippen LogP contribution in [0.4, 0.5) is 5.69 Å². The first kappa shape index (κ1) is 22.4. The second-order valence-electron chi connectivity index (χ2n) is 7.32. The highest BCUT2D eigenvalue weighted by molar-refractivity contribution is 7.92. The maximum atomic E-state index is 12.9. The van der Waals surface area contributed by atoms with Crippen LogP contribution in [-0.2, 0) is 16.6 Å². The van der Waals surface area contributed by atoms with Gasteiger partial charge in [0.25, 0.3) is 10.0 Å². The van der Waals surface area contributed by atoms with Crippen molar-refractivity contribution < 1.29 is 22.3 Å². The fourth-order valence-electron chi connectivity index (χ4n) is 3.21. The molecule has 0 amide bonds. The Bertz CT molecular complexity index is 1320. The van der Waals surface area contributed by atoms with Gasteiger partial charge in [0.2, 0.25) is 5.89 Å². The molecule has 0 saturated heterocycles. The summed E-state index contributed by atoms with van der Waals surface area (Å²) in [6.45, 7) is 2.09. The summed E-state index contributed by atoms with van der Waals surface area (Å²) in [5, 5.41) is 0. The Kier molecular flexibility index (Phi) is 6.37. The summed E-state index contributed by atoms with van der Waals surface area (Å²) in [7, 11) is -0.653. The molecule has 0 atom stereocenters. The number of rotatable bonds is 8. The number of hydrogen-bond acceptors (Lipinski definition) is 6. The summed E-state index contributed by atoms with van der Waals surface area (Å²) in [6, 6.07) is 22.8. The van der Waals surface area contributed by atoms with Gasteiger partial charge in [0.1, 0.15) is 29.6 Å². The average molecular weight is 465 g/mol. The number of ether oxygens (including phenoxy) is 2. The first-order valence-corrected chi connectivity index (χ1v) is 11.7. The highest BCUT2D eigenvalue weighted by Crippen LogP contribution is 2.27. The van der Waals surface area contributed by atoms with E-state index in [-0.39, 0.29) is 11.5 Å². The fraction of sp³-hybridized carbons (Fsp3) is 0.160. The Morgan fingerprint density at radius 2 is 1.55 bits per heavy atom. The smallest absolute Gasteiger partial charge is 0.264 e. The predicted octanol–water partition coefficient (Wildman–Crippen LogP) is 5.06. The molecule has 0 spiro atoms. The standard InChI is InChI=1S/C25H24N2O5S/c1-18-24(26-25(32-18)19-7-5-4-6-8-19)17-31-22-11-9-20(10-12-22)27(2)33(28,29)23-15-13-21(30-3)14-16-23/h4-16H,17H2,1-3H3. The van der Waals surface area contributed by atoms with Crippen LogP contribution in [-0.4, -0.2) is 27.6 Å². The molecule has 0 aliphatic rings. The molecule has 1 heterocycles. The van der Waals surface area contributed by atoms with Crippen molar-refractivity contribution in [3.63, 3.8) is 0 Å². The van der Waals surface area contributed by atoms with E-state index in [4.69, 9.17) is 13.9 Å². The van der Waals surface area contributed by atoms with E-state index in [0.29, 0.717) is 34.5 Å². The van der Waals surface area contributed by atoms with Gasteiger partial charge in [-0.15, -0.1) is 0 Å². The highest BCUT2D eigenvalue weighted by Gasteiger charge is 2.21. The van der Waals surface area contributed by atoms with Crippen LogP contribution >= 0.6 is 0 Å². The quantitative estimate of drug-likeness (QED) is 0.362. The number of benzene rings is 3. The minimum Gasteiger partial charge on any atom is -0.497 e. The van der Waals surface area contributed by atoms with Crippen molar-refractivity contribution in [2.24, 2.45) is 0 Å². The summed E-state index contributed by atoms with van der Waals surface area (Å²) >= 11 is 0. The molecule has 3 aromatic carbocycles. The Balaban J connectivity index is 1.43. The van der Waals surface area contributed by atoms with Crippen LogP contribution in [0.2, 0.25) is 0 Å². The van der Waals surface area contributed by atoms with Crippen LogP contribution in [0.3, 0.4) is 0 Å². The lowest BCUT2D eigenvalue weighted by Crippen LogP contribution is -2.26.